The van der Waals surface area contributed by atoms with E-state index in [2.05, 4.69) is 40.7 Å². The fraction of sp³-hybridized carbons (Fsp3) is 0.500. The zero-order chi connectivity index (χ0) is 22.9. The van der Waals surface area contributed by atoms with Crippen LogP contribution in [-0.4, -0.2) is 48.0 Å². The molecule has 3 aliphatic rings. The number of pyridine rings is 1. The van der Waals surface area contributed by atoms with E-state index in [9.17, 15) is 10.1 Å². The number of benzene rings is 1. The monoisotopic (exact) mass is 444 g/mol. The standard InChI is InChI=1S/C26H32N6O/c1-17-25(30-24-5-3-4-21(29-24)16-31-12-10-28-11-13-31)22-14-19(15-27)6-9-23(22)32(18(2)33)26(17)20-7-8-20/h3-6,9,14,17,20,25-26,28H,7-8,10-13,16H2,1-2H3,(H,29,30)/t17-,25-,26-/m1/s1. The Morgan fingerprint density at radius 3 is 2.73 bits per heavy atom. The van der Waals surface area contributed by atoms with Gasteiger partial charge in [-0.25, -0.2) is 4.98 Å². The number of carbonyl (C=O) groups is 1. The average molecular weight is 445 g/mol. The summed E-state index contributed by atoms with van der Waals surface area (Å²) in [5.41, 5.74) is 3.59. The number of anilines is 2. The molecule has 0 bridgehead atoms. The lowest BCUT2D eigenvalue weighted by atomic mass is 9.79. The Labute approximate surface area is 195 Å². The Hall–Kier alpha value is -2.95. The Balaban J connectivity index is 1.47. The van der Waals surface area contributed by atoms with Gasteiger partial charge in [-0.15, -0.1) is 0 Å². The highest BCUT2D eigenvalue weighted by atomic mass is 16.2. The molecule has 1 aliphatic carbocycles. The fourth-order valence-electron chi connectivity index (χ4n) is 5.54. The van der Waals surface area contributed by atoms with Crippen LogP contribution in [0.4, 0.5) is 11.5 Å². The van der Waals surface area contributed by atoms with E-state index >= 15 is 0 Å². The van der Waals surface area contributed by atoms with Crippen molar-refractivity contribution in [2.75, 3.05) is 36.4 Å². The highest BCUT2D eigenvalue weighted by Crippen LogP contribution is 2.50. The molecule has 7 nitrogen and oxygen atoms in total. The second-order valence-corrected chi connectivity index (χ2v) is 9.62. The molecule has 2 aromatic rings. The molecule has 2 aliphatic heterocycles. The molecule has 7 heteroatoms. The first-order valence-corrected chi connectivity index (χ1v) is 12.0. The van der Waals surface area contributed by atoms with Crippen LogP contribution >= 0.6 is 0 Å². The van der Waals surface area contributed by atoms with E-state index in [1.54, 1.807) is 6.92 Å². The molecule has 172 valence electrons. The van der Waals surface area contributed by atoms with Gasteiger partial charge in [0, 0.05) is 57.3 Å². The number of aromatic nitrogens is 1. The van der Waals surface area contributed by atoms with Gasteiger partial charge in [0.1, 0.15) is 5.82 Å². The molecule has 3 atom stereocenters. The molecule has 2 N–H and O–H groups in total. The second-order valence-electron chi connectivity index (χ2n) is 9.62. The number of nitriles is 1. The molecule has 1 amide bonds. The number of carbonyl (C=O) groups excluding carboxylic acids is 1. The minimum Gasteiger partial charge on any atom is -0.363 e. The maximum absolute atomic E-state index is 12.7. The van der Waals surface area contributed by atoms with E-state index in [4.69, 9.17) is 4.98 Å². The van der Waals surface area contributed by atoms with Crippen LogP contribution < -0.4 is 15.5 Å². The zero-order valence-corrected chi connectivity index (χ0v) is 19.4. The Morgan fingerprint density at radius 2 is 2.03 bits per heavy atom. The first kappa shape index (κ1) is 21.9. The normalized spacial score (nSPS) is 25.2. The van der Waals surface area contributed by atoms with Crippen molar-refractivity contribution in [2.24, 2.45) is 11.8 Å². The third-order valence-corrected chi connectivity index (χ3v) is 7.26. The highest BCUT2D eigenvalue weighted by molar-refractivity contribution is 5.94. The van der Waals surface area contributed by atoms with Gasteiger partial charge in [-0.2, -0.15) is 5.26 Å². The van der Waals surface area contributed by atoms with Crippen molar-refractivity contribution in [3.05, 3.63) is 53.2 Å². The summed E-state index contributed by atoms with van der Waals surface area (Å²) in [5.74, 6) is 1.64. The van der Waals surface area contributed by atoms with Crippen LogP contribution in [0.15, 0.2) is 36.4 Å². The van der Waals surface area contributed by atoms with Crippen LogP contribution in [0.25, 0.3) is 0 Å². The van der Waals surface area contributed by atoms with Gasteiger partial charge in [0.25, 0.3) is 0 Å². The maximum Gasteiger partial charge on any atom is 0.224 e. The second kappa shape index (κ2) is 9.12. The van der Waals surface area contributed by atoms with Gasteiger partial charge in [0.05, 0.1) is 23.4 Å². The third kappa shape index (κ3) is 4.46. The predicted molar refractivity (Wildman–Crippen MR) is 129 cm³/mol. The number of nitrogens with one attached hydrogen (secondary N) is 2. The molecule has 0 spiro atoms. The van der Waals surface area contributed by atoms with Crippen LogP contribution in [0.5, 0.6) is 0 Å². The SMILES string of the molecule is CC(=O)N1c2ccc(C#N)cc2[C@H](Nc2cccc(CN3CCNCC3)n2)[C@@H](C)[C@@H]1C1CC1. The predicted octanol–water partition coefficient (Wildman–Crippen LogP) is 3.29. The molecule has 0 unspecified atom stereocenters. The van der Waals surface area contributed by atoms with Gasteiger partial charge >= 0.3 is 0 Å². The van der Waals surface area contributed by atoms with Gasteiger partial charge in [-0.1, -0.05) is 13.0 Å². The summed E-state index contributed by atoms with van der Waals surface area (Å²) in [6.07, 6.45) is 2.32. The van der Waals surface area contributed by atoms with Gasteiger partial charge in [-0.05, 0) is 54.7 Å². The van der Waals surface area contributed by atoms with E-state index in [-0.39, 0.29) is 23.9 Å². The summed E-state index contributed by atoms with van der Waals surface area (Å²) >= 11 is 0. The van der Waals surface area contributed by atoms with Crippen molar-refractivity contribution in [1.82, 2.24) is 15.2 Å². The van der Waals surface area contributed by atoms with E-state index in [0.717, 1.165) is 68.3 Å². The van der Waals surface area contributed by atoms with Gasteiger partial charge in [0.2, 0.25) is 5.91 Å². The van der Waals surface area contributed by atoms with Crippen molar-refractivity contribution in [1.29, 1.82) is 5.26 Å². The number of piperazine rings is 1. The number of hydrogen-bond acceptors (Lipinski definition) is 6. The summed E-state index contributed by atoms with van der Waals surface area (Å²) in [7, 11) is 0. The van der Waals surface area contributed by atoms with Crippen LogP contribution in [0.2, 0.25) is 0 Å². The van der Waals surface area contributed by atoms with Crippen LogP contribution in [-0.2, 0) is 11.3 Å². The lowest BCUT2D eigenvalue weighted by Crippen LogP contribution is -2.51. The summed E-state index contributed by atoms with van der Waals surface area (Å²) in [6, 6.07) is 14.3. The van der Waals surface area contributed by atoms with Gasteiger partial charge in [0.15, 0.2) is 0 Å². The molecule has 2 fully saturated rings. The number of nitrogens with zero attached hydrogens (tertiary/aromatic N) is 4. The Morgan fingerprint density at radius 1 is 1.24 bits per heavy atom. The molecular formula is C26H32N6O. The quantitative estimate of drug-likeness (QED) is 0.736. The largest absolute Gasteiger partial charge is 0.363 e. The number of hydrogen-bond donors (Lipinski definition) is 2. The molecule has 3 heterocycles. The molecular weight excluding hydrogens is 412 g/mol. The van der Waals surface area contributed by atoms with Crippen molar-refractivity contribution >= 4 is 17.4 Å². The van der Waals surface area contributed by atoms with Crippen LogP contribution in [0, 0.1) is 23.2 Å². The lowest BCUT2D eigenvalue weighted by Gasteiger charge is -2.46. The molecule has 0 radical (unpaired) electrons. The zero-order valence-electron chi connectivity index (χ0n) is 19.4. The third-order valence-electron chi connectivity index (χ3n) is 7.26. The van der Waals surface area contributed by atoms with Gasteiger partial charge < -0.3 is 15.5 Å². The van der Waals surface area contributed by atoms with Crippen LogP contribution in [0.3, 0.4) is 0 Å². The number of fused-ring (bicyclic) bond motifs is 1. The number of rotatable bonds is 5. The average Bonchev–Trinajstić information content (AvgIpc) is 3.66. The Kier molecular flexibility index (Phi) is 6.05. The maximum atomic E-state index is 12.7. The summed E-state index contributed by atoms with van der Waals surface area (Å²) in [5, 5.41) is 16.6. The van der Waals surface area contributed by atoms with E-state index in [1.807, 2.05) is 29.2 Å². The highest BCUT2D eigenvalue weighted by Gasteiger charge is 2.47. The minimum absolute atomic E-state index is 0.0172. The number of amides is 1. The summed E-state index contributed by atoms with van der Waals surface area (Å²) in [4.78, 5) is 22.1. The van der Waals surface area contributed by atoms with E-state index < -0.39 is 0 Å². The van der Waals surface area contributed by atoms with Crippen molar-refractivity contribution in [2.45, 2.75) is 45.3 Å². The molecule has 1 aromatic carbocycles. The van der Waals surface area contributed by atoms with Crippen molar-refractivity contribution in [3.63, 3.8) is 0 Å². The summed E-state index contributed by atoms with van der Waals surface area (Å²) in [6.45, 7) is 8.83. The lowest BCUT2D eigenvalue weighted by molar-refractivity contribution is -0.117. The molecule has 1 aromatic heterocycles. The first-order valence-electron chi connectivity index (χ1n) is 12.0. The first-order chi connectivity index (χ1) is 16.0. The summed E-state index contributed by atoms with van der Waals surface area (Å²) < 4.78 is 0. The van der Waals surface area contributed by atoms with Gasteiger partial charge in [-0.3, -0.25) is 9.69 Å². The molecule has 33 heavy (non-hydrogen) atoms. The fourth-order valence-corrected chi connectivity index (χ4v) is 5.54. The van der Waals surface area contributed by atoms with Crippen LogP contribution in [0.1, 0.15) is 49.6 Å². The van der Waals surface area contributed by atoms with E-state index in [0.29, 0.717) is 11.5 Å². The van der Waals surface area contributed by atoms with Crippen molar-refractivity contribution < 1.29 is 4.79 Å². The minimum atomic E-state index is -0.0172. The Bertz CT molecular complexity index is 1070. The van der Waals surface area contributed by atoms with Crippen molar-refractivity contribution in [3.8, 4) is 6.07 Å². The van der Waals surface area contributed by atoms with E-state index in [1.165, 1.54) is 0 Å². The molecule has 1 saturated heterocycles. The smallest absolute Gasteiger partial charge is 0.224 e. The topological polar surface area (TPSA) is 84.3 Å². The molecule has 1 saturated carbocycles. The molecule has 5 rings (SSSR count).